The van der Waals surface area contributed by atoms with E-state index < -0.39 is 0 Å². The monoisotopic (exact) mass is 270 g/mol. The van der Waals surface area contributed by atoms with Gasteiger partial charge < -0.3 is 15.6 Å². The third kappa shape index (κ3) is 2.99. The second-order valence-corrected chi connectivity index (χ2v) is 5.25. The number of nitrogens with one attached hydrogen (secondary N) is 1. The van der Waals surface area contributed by atoms with E-state index in [9.17, 15) is 4.79 Å². The largest absolute Gasteiger partial charge is 0.399 e. The molecule has 1 aliphatic rings. The SMILES string of the molecule is Nc1cccc(-c2nccn2CC(=O)NCC2CC2)c1. The van der Waals surface area contributed by atoms with Crippen molar-refractivity contribution < 1.29 is 4.79 Å². The maximum absolute atomic E-state index is 11.9. The summed E-state index contributed by atoms with van der Waals surface area (Å²) in [6, 6.07) is 7.52. The predicted octanol–water partition coefficient (Wildman–Crippen LogP) is 1.66. The van der Waals surface area contributed by atoms with Gasteiger partial charge in [0.2, 0.25) is 5.91 Å². The highest BCUT2D eigenvalue weighted by atomic mass is 16.1. The van der Waals surface area contributed by atoms with E-state index in [1.165, 1.54) is 12.8 Å². The second kappa shape index (κ2) is 5.36. The topological polar surface area (TPSA) is 72.9 Å². The zero-order chi connectivity index (χ0) is 13.9. The van der Waals surface area contributed by atoms with Crippen molar-refractivity contribution in [2.75, 3.05) is 12.3 Å². The first-order chi connectivity index (χ1) is 9.72. The van der Waals surface area contributed by atoms with E-state index in [2.05, 4.69) is 10.3 Å². The smallest absolute Gasteiger partial charge is 0.240 e. The Morgan fingerprint density at radius 1 is 1.45 bits per heavy atom. The molecular weight excluding hydrogens is 252 g/mol. The van der Waals surface area contributed by atoms with Crippen LogP contribution in [0.25, 0.3) is 11.4 Å². The molecule has 1 aromatic carbocycles. The third-order valence-corrected chi connectivity index (χ3v) is 3.46. The average molecular weight is 270 g/mol. The van der Waals surface area contributed by atoms with Gasteiger partial charge in [-0.2, -0.15) is 0 Å². The molecule has 0 bridgehead atoms. The summed E-state index contributed by atoms with van der Waals surface area (Å²) in [5.74, 6) is 1.48. The quantitative estimate of drug-likeness (QED) is 0.811. The zero-order valence-corrected chi connectivity index (χ0v) is 11.2. The summed E-state index contributed by atoms with van der Waals surface area (Å²) in [5, 5.41) is 2.96. The first kappa shape index (κ1) is 12.7. The van der Waals surface area contributed by atoms with Crippen molar-refractivity contribution in [2.24, 2.45) is 5.92 Å². The van der Waals surface area contributed by atoms with E-state index in [1.54, 1.807) is 6.20 Å². The van der Waals surface area contributed by atoms with Gasteiger partial charge in [0, 0.05) is 30.2 Å². The Morgan fingerprint density at radius 3 is 3.05 bits per heavy atom. The van der Waals surface area contributed by atoms with Crippen LogP contribution in [0.1, 0.15) is 12.8 Å². The number of nitrogens with zero attached hydrogens (tertiary/aromatic N) is 2. The van der Waals surface area contributed by atoms with Crippen molar-refractivity contribution in [3.63, 3.8) is 0 Å². The van der Waals surface area contributed by atoms with Crippen molar-refractivity contribution in [1.29, 1.82) is 0 Å². The molecule has 3 rings (SSSR count). The number of imidazole rings is 1. The minimum Gasteiger partial charge on any atom is -0.399 e. The van der Waals surface area contributed by atoms with Gasteiger partial charge in [0.1, 0.15) is 12.4 Å². The summed E-state index contributed by atoms with van der Waals surface area (Å²) >= 11 is 0. The number of aromatic nitrogens is 2. The van der Waals surface area contributed by atoms with Gasteiger partial charge in [-0.1, -0.05) is 12.1 Å². The van der Waals surface area contributed by atoms with E-state index in [1.807, 2.05) is 35.0 Å². The van der Waals surface area contributed by atoms with Crippen molar-refractivity contribution in [3.8, 4) is 11.4 Å². The molecule has 5 heteroatoms. The van der Waals surface area contributed by atoms with E-state index >= 15 is 0 Å². The van der Waals surface area contributed by atoms with Gasteiger partial charge in [-0.25, -0.2) is 4.98 Å². The van der Waals surface area contributed by atoms with Crippen LogP contribution in [0.5, 0.6) is 0 Å². The summed E-state index contributed by atoms with van der Waals surface area (Å²) < 4.78 is 1.84. The van der Waals surface area contributed by atoms with Crippen LogP contribution in [0.3, 0.4) is 0 Å². The molecule has 0 atom stereocenters. The van der Waals surface area contributed by atoms with Crippen molar-refractivity contribution in [3.05, 3.63) is 36.7 Å². The van der Waals surface area contributed by atoms with Gasteiger partial charge in [-0.15, -0.1) is 0 Å². The molecule has 0 saturated heterocycles. The summed E-state index contributed by atoms with van der Waals surface area (Å²) in [6.45, 7) is 1.08. The fourth-order valence-electron chi connectivity index (χ4n) is 2.17. The van der Waals surface area contributed by atoms with E-state index in [4.69, 9.17) is 5.73 Å². The normalized spacial score (nSPS) is 14.2. The zero-order valence-electron chi connectivity index (χ0n) is 11.2. The Kier molecular flexibility index (Phi) is 3.41. The van der Waals surface area contributed by atoms with Crippen LogP contribution in [0.15, 0.2) is 36.7 Å². The first-order valence-electron chi connectivity index (χ1n) is 6.86. The summed E-state index contributed by atoms with van der Waals surface area (Å²) in [4.78, 5) is 16.2. The number of hydrogen-bond donors (Lipinski definition) is 2. The van der Waals surface area contributed by atoms with Crippen LogP contribution < -0.4 is 11.1 Å². The Morgan fingerprint density at radius 2 is 2.30 bits per heavy atom. The minimum atomic E-state index is 0.0278. The van der Waals surface area contributed by atoms with Crippen LogP contribution in [-0.4, -0.2) is 22.0 Å². The number of benzene rings is 1. The van der Waals surface area contributed by atoms with Gasteiger partial charge in [-0.3, -0.25) is 4.79 Å². The molecule has 0 spiro atoms. The molecule has 2 aromatic rings. The standard InChI is InChI=1S/C15H18N4O/c16-13-3-1-2-12(8-13)15-17-6-7-19(15)10-14(20)18-9-11-4-5-11/h1-3,6-8,11H,4-5,9-10,16H2,(H,18,20). The van der Waals surface area contributed by atoms with Gasteiger partial charge >= 0.3 is 0 Å². The fraction of sp³-hybridized carbons (Fsp3) is 0.333. The lowest BCUT2D eigenvalue weighted by molar-refractivity contribution is -0.121. The van der Waals surface area contributed by atoms with Crippen LogP contribution in [0, 0.1) is 5.92 Å². The lowest BCUT2D eigenvalue weighted by atomic mass is 10.2. The maximum atomic E-state index is 11.9. The molecule has 20 heavy (non-hydrogen) atoms. The van der Waals surface area contributed by atoms with Gasteiger partial charge in [0.05, 0.1) is 0 Å². The molecule has 1 saturated carbocycles. The average Bonchev–Trinajstić information content (AvgIpc) is 3.15. The van der Waals surface area contributed by atoms with Gasteiger partial charge in [0.25, 0.3) is 0 Å². The highest BCUT2D eigenvalue weighted by Gasteiger charge is 2.21. The van der Waals surface area contributed by atoms with Gasteiger partial charge in [-0.05, 0) is 30.9 Å². The van der Waals surface area contributed by atoms with Crippen LogP contribution in [0.4, 0.5) is 5.69 Å². The first-order valence-corrected chi connectivity index (χ1v) is 6.86. The molecule has 1 aromatic heterocycles. The third-order valence-electron chi connectivity index (χ3n) is 3.46. The molecule has 1 amide bonds. The molecule has 0 radical (unpaired) electrons. The Balaban J connectivity index is 1.71. The maximum Gasteiger partial charge on any atom is 0.240 e. The van der Waals surface area contributed by atoms with Crippen molar-refractivity contribution in [2.45, 2.75) is 19.4 Å². The molecule has 1 heterocycles. The number of anilines is 1. The predicted molar refractivity (Wildman–Crippen MR) is 77.8 cm³/mol. The lowest BCUT2D eigenvalue weighted by Crippen LogP contribution is -2.29. The minimum absolute atomic E-state index is 0.0278. The highest BCUT2D eigenvalue weighted by molar-refractivity contribution is 5.76. The highest BCUT2D eigenvalue weighted by Crippen LogP contribution is 2.27. The van der Waals surface area contributed by atoms with Crippen LogP contribution in [-0.2, 0) is 11.3 Å². The number of amides is 1. The molecule has 1 aliphatic carbocycles. The molecule has 104 valence electrons. The van der Waals surface area contributed by atoms with E-state index in [-0.39, 0.29) is 12.5 Å². The number of nitrogen functional groups attached to an aromatic ring is 1. The molecular formula is C15H18N4O. The summed E-state index contributed by atoms with van der Waals surface area (Å²) in [6.07, 6.45) is 5.99. The van der Waals surface area contributed by atoms with E-state index in [0.29, 0.717) is 11.6 Å². The fourth-order valence-corrected chi connectivity index (χ4v) is 2.17. The Hall–Kier alpha value is -2.30. The molecule has 3 N–H and O–H groups in total. The van der Waals surface area contributed by atoms with E-state index in [0.717, 1.165) is 17.9 Å². The Labute approximate surface area is 117 Å². The molecule has 0 unspecified atom stereocenters. The van der Waals surface area contributed by atoms with Crippen LogP contribution >= 0.6 is 0 Å². The van der Waals surface area contributed by atoms with Gasteiger partial charge in [0.15, 0.2) is 0 Å². The second-order valence-electron chi connectivity index (χ2n) is 5.25. The Bertz CT molecular complexity index is 616. The molecule has 1 fully saturated rings. The van der Waals surface area contributed by atoms with Crippen molar-refractivity contribution in [1.82, 2.24) is 14.9 Å². The number of carbonyl (C=O) groups is 1. The molecule has 0 aliphatic heterocycles. The number of hydrogen-bond acceptors (Lipinski definition) is 3. The summed E-state index contributed by atoms with van der Waals surface area (Å²) in [5.41, 5.74) is 7.40. The molecule has 5 nitrogen and oxygen atoms in total. The number of nitrogens with two attached hydrogens (primary N) is 1. The van der Waals surface area contributed by atoms with Crippen LogP contribution in [0.2, 0.25) is 0 Å². The number of carbonyl (C=O) groups excluding carboxylic acids is 1. The van der Waals surface area contributed by atoms with Crippen molar-refractivity contribution >= 4 is 11.6 Å². The lowest BCUT2D eigenvalue weighted by Gasteiger charge is -2.09. The summed E-state index contributed by atoms with van der Waals surface area (Å²) in [7, 11) is 0. The number of rotatable bonds is 5.